The minimum atomic E-state index is -0.888. The Morgan fingerprint density at radius 2 is 2.09 bits per heavy atom. The zero-order valence-electron chi connectivity index (χ0n) is 18.4. The van der Waals surface area contributed by atoms with E-state index in [9.17, 15) is 18.0 Å². The smallest absolute Gasteiger partial charge is 0.274 e. The molecule has 2 aromatic rings. The Bertz CT molecular complexity index is 1070. The van der Waals surface area contributed by atoms with Gasteiger partial charge in [-0.15, -0.1) is 0 Å². The van der Waals surface area contributed by atoms with Crippen LogP contribution in [0.15, 0.2) is 61.2 Å². The molecule has 2 aromatic heterocycles. The molecule has 5 nitrogen and oxygen atoms in total. The predicted octanol–water partition coefficient (Wildman–Crippen LogP) is 5.49. The first kappa shape index (κ1) is 24.4. The molecule has 0 bridgehead atoms. The standard InChI is InChI=1S/C25H27F3N4O/c1-15-11-17(13-18(29)12-15)19-8-10-30-14-23(19)32-25(33)22-7-6-21(28)24(31-22)16(2)20(27)5-3-4-9-26/h3-8,10,14-15,17-18H,2,9,11-13,29H2,1H3,(H,32,33)/b4-3-,20-5+/t15-,17+,18-/m0/s1. The van der Waals surface area contributed by atoms with E-state index in [0.717, 1.165) is 49.1 Å². The highest BCUT2D eigenvalue weighted by Gasteiger charge is 2.27. The van der Waals surface area contributed by atoms with E-state index in [-0.39, 0.29) is 23.2 Å². The second-order valence-corrected chi connectivity index (χ2v) is 8.29. The van der Waals surface area contributed by atoms with Crippen LogP contribution in [0.25, 0.3) is 5.57 Å². The van der Waals surface area contributed by atoms with Crippen LogP contribution >= 0.6 is 0 Å². The summed E-state index contributed by atoms with van der Waals surface area (Å²) >= 11 is 0. The second-order valence-electron chi connectivity index (χ2n) is 8.29. The molecule has 1 saturated carbocycles. The normalized spacial score (nSPS) is 21.2. The van der Waals surface area contributed by atoms with Crippen molar-refractivity contribution < 1.29 is 18.0 Å². The maximum absolute atomic E-state index is 14.3. The summed E-state index contributed by atoms with van der Waals surface area (Å²) in [5, 5.41) is 2.79. The number of nitrogens with two attached hydrogens (primary N) is 1. The number of rotatable bonds is 7. The van der Waals surface area contributed by atoms with Gasteiger partial charge in [0, 0.05) is 17.8 Å². The number of carbonyl (C=O) groups is 1. The average molecular weight is 457 g/mol. The summed E-state index contributed by atoms with van der Waals surface area (Å²) in [7, 11) is 0. The molecule has 1 amide bonds. The summed E-state index contributed by atoms with van der Waals surface area (Å²) < 4.78 is 40.7. The molecule has 0 saturated heterocycles. The zero-order chi connectivity index (χ0) is 24.0. The number of nitrogens with zero attached hydrogens (tertiary/aromatic N) is 2. The molecule has 0 aromatic carbocycles. The molecule has 3 atom stereocenters. The van der Waals surface area contributed by atoms with Gasteiger partial charge in [0.25, 0.3) is 5.91 Å². The number of carbonyl (C=O) groups excluding carboxylic acids is 1. The van der Waals surface area contributed by atoms with Crippen molar-refractivity contribution in [2.24, 2.45) is 11.7 Å². The molecule has 1 aliphatic carbocycles. The molecule has 2 heterocycles. The molecule has 0 spiro atoms. The third-order valence-corrected chi connectivity index (χ3v) is 5.64. The Hall–Kier alpha value is -3.26. The number of aromatic nitrogens is 2. The number of hydrogen-bond acceptors (Lipinski definition) is 4. The number of hydrogen-bond donors (Lipinski definition) is 2. The lowest BCUT2D eigenvalue weighted by molar-refractivity contribution is 0.102. The fraction of sp³-hybridized carbons (Fsp3) is 0.320. The van der Waals surface area contributed by atoms with Crippen LogP contribution in [0.2, 0.25) is 0 Å². The van der Waals surface area contributed by atoms with E-state index in [0.29, 0.717) is 11.6 Å². The third kappa shape index (κ3) is 6.16. The van der Waals surface area contributed by atoms with Crippen LogP contribution in [-0.4, -0.2) is 28.6 Å². The molecule has 3 rings (SSSR count). The van der Waals surface area contributed by atoms with Gasteiger partial charge in [-0.25, -0.2) is 18.2 Å². The molecule has 3 N–H and O–H groups in total. The molecule has 0 radical (unpaired) electrons. The molecular weight excluding hydrogens is 429 g/mol. The quantitative estimate of drug-likeness (QED) is 0.540. The van der Waals surface area contributed by atoms with E-state index in [1.54, 1.807) is 12.4 Å². The lowest BCUT2D eigenvalue weighted by Gasteiger charge is -2.32. The van der Waals surface area contributed by atoms with Gasteiger partial charge in [0.2, 0.25) is 0 Å². The fourth-order valence-electron chi connectivity index (χ4n) is 4.16. The SMILES string of the molecule is C=C(/C(F)=C\C=C/CF)c1nc(C(=O)Nc2cnccc2[C@@H]2C[C@H](C)C[C@H](N)C2)ccc1F. The largest absolute Gasteiger partial charge is 0.328 e. The van der Waals surface area contributed by atoms with Gasteiger partial charge in [0.1, 0.15) is 29.7 Å². The summed E-state index contributed by atoms with van der Waals surface area (Å²) in [6.07, 6.45) is 9.13. The van der Waals surface area contributed by atoms with Crippen LogP contribution in [0.3, 0.4) is 0 Å². The van der Waals surface area contributed by atoms with E-state index in [1.165, 1.54) is 6.07 Å². The average Bonchev–Trinajstić information content (AvgIpc) is 2.78. The first-order chi connectivity index (χ1) is 15.8. The van der Waals surface area contributed by atoms with Crippen molar-refractivity contribution in [2.45, 2.75) is 38.1 Å². The van der Waals surface area contributed by atoms with Crippen molar-refractivity contribution in [3.05, 3.63) is 84.0 Å². The lowest BCUT2D eigenvalue weighted by atomic mass is 9.76. The molecule has 33 heavy (non-hydrogen) atoms. The van der Waals surface area contributed by atoms with Crippen molar-refractivity contribution in [2.75, 3.05) is 12.0 Å². The van der Waals surface area contributed by atoms with Crippen molar-refractivity contribution in [1.29, 1.82) is 0 Å². The van der Waals surface area contributed by atoms with Crippen molar-refractivity contribution in [3.63, 3.8) is 0 Å². The molecular formula is C25H27F3N4O. The monoisotopic (exact) mass is 456 g/mol. The summed E-state index contributed by atoms with van der Waals surface area (Å²) in [6.45, 7) is 4.90. The molecule has 1 fully saturated rings. The van der Waals surface area contributed by atoms with Crippen molar-refractivity contribution in [1.82, 2.24) is 9.97 Å². The van der Waals surface area contributed by atoms with E-state index in [1.807, 2.05) is 6.07 Å². The topological polar surface area (TPSA) is 80.9 Å². The number of amides is 1. The molecule has 174 valence electrons. The minimum Gasteiger partial charge on any atom is -0.328 e. The van der Waals surface area contributed by atoms with Crippen LogP contribution in [0, 0.1) is 11.7 Å². The second kappa shape index (κ2) is 11.0. The van der Waals surface area contributed by atoms with Gasteiger partial charge in [-0.2, -0.15) is 0 Å². The number of anilines is 1. The van der Waals surface area contributed by atoms with Crippen LogP contribution < -0.4 is 11.1 Å². The van der Waals surface area contributed by atoms with Crippen LogP contribution in [0.4, 0.5) is 18.9 Å². The first-order valence-corrected chi connectivity index (χ1v) is 10.8. The van der Waals surface area contributed by atoms with Crippen LogP contribution in [0.5, 0.6) is 0 Å². The van der Waals surface area contributed by atoms with Gasteiger partial charge in [-0.1, -0.05) is 25.7 Å². The van der Waals surface area contributed by atoms with E-state index in [4.69, 9.17) is 5.73 Å². The Kier molecular flexibility index (Phi) is 8.16. The highest BCUT2D eigenvalue weighted by atomic mass is 19.1. The number of allylic oxidation sites excluding steroid dienone is 5. The van der Waals surface area contributed by atoms with Gasteiger partial charge in [-0.3, -0.25) is 9.78 Å². The van der Waals surface area contributed by atoms with Crippen molar-refractivity contribution >= 4 is 17.2 Å². The lowest BCUT2D eigenvalue weighted by Crippen LogP contribution is -2.31. The summed E-state index contributed by atoms with van der Waals surface area (Å²) in [4.78, 5) is 21.0. The van der Waals surface area contributed by atoms with Crippen LogP contribution in [-0.2, 0) is 0 Å². The highest BCUT2D eigenvalue weighted by Crippen LogP contribution is 2.38. The fourth-order valence-corrected chi connectivity index (χ4v) is 4.16. The van der Waals surface area contributed by atoms with Gasteiger partial charge < -0.3 is 11.1 Å². The summed E-state index contributed by atoms with van der Waals surface area (Å²) in [5.74, 6) is -1.67. The molecule has 1 aliphatic rings. The number of nitrogens with one attached hydrogen (secondary N) is 1. The van der Waals surface area contributed by atoms with Gasteiger partial charge in [-0.05, 0) is 60.9 Å². The Labute approximate surface area is 191 Å². The summed E-state index contributed by atoms with van der Waals surface area (Å²) in [6, 6.07) is 4.19. The first-order valence-electron chi connectivity index (χ1n) is 10.8. The molecule has 0 aliphatic heterocycles. The van der Waals surface area contributed by atoms with Crippen LogP contribution in [0.1, 0.15) is 53.8 Å². The minimum absolute atomic E-state index is 0.0884. The summed E-state index contributed by atoms with van der Waals surface area (Å²) in [5.41, 5.74) is 6.81. The maximum Gasteiger partial charge on any atom is 0.274 e. The molecule has 0 unspecified atom stereocenters. The predicted molar refractivity (Wildman–Crippen MR) is 123 cm³/mol. The Morgan fingerprint density at radius 1 is 1.30 bits per heavy atom. The van der Waals surface area contributed by atoms with Gasteiger partial charge in [0.05, 0.1) is 11.9 Å². The van der Waals surface area contributed by atoms with E-state index < -0.39 is 29.9 Å². The Balaban J connectivity index is 1.83. The number of pyridine rings is 2. The van der Waals surface area contributed by atoms with E-state index >= 15 is 0 Å². The highest BCUT2D eigenvalue weighted by molar-refractivity contribution is 6.03. The number of halogens is 3. The van der Waals surface area contributed by atoms with Crippen molar-refractivity contribution in [3.8, 4) is 0 Å². The molecule has 8 heteroatoms. The zero-order valence-corrected chi connectivity index (χ0v) is 18.4. The van der Waals surface area contributed by atoms with E-state index in [2.05, 4.69) is 28.8 Å². The van der Waals surface area contributed by atoms with Gasteiger partial charge in [0.15, 0.2) is 0 Å². The van der Waals surface area contributed by atoms with Gasteiger partial charge >= 0.3 is 0 Å². The number of alkyl halides is 1. The maximum atomic E-state index is 14.3. The third-order valence-electron chi connectivity index (χ3n) is 5.64. The Morgan fingerprint density at radius 3 is 2.82 bits per heavy atom.